The molecule has 36 heavy (non-hydrogen) atoms. The molecule has 10 heteroatoms. The minimum Gasteiger partial charge on any atom is -0.547 e. The zero-order valence-corrected chi connectivity index (χ0v) is 27.7. The quantitative estimate of drug-likeness (QED) is 0.0926. The van der Waals surface area contributed by atoms with Gasteiger partial charge in [0.15, 0.2) is 22.8 Å². The van der Waals surface area contributed by atoms with E-state index in [0.29, 0.717) is 12.8 Å². The van der Waals surface area contributed by atoms with Crippen molar-refractivity contribution in [2.45, 2.75) is 142 Å². The minimum absolute atomic E-state index is 0. The van der Waals surface area contributed by atoms with Crippen LogP contribution in [0.15, 0.2) is 0 Å². The summed E-state index contributed by atoms with van der Waals surface area (Å²) in [6, 6.07) is 0. The van der Waals surface area contributed by atoms with Crippen molar-refractivity contribution in [2.75, 3.05) is 0 Å². The fourth-order valence-corrected chi connectivity index (χ4v) is 3.20. The number of aliphatic carboxylic acids is 2. The number of carboxylic acid groups (broad SMARTS) is 2. The number of carboxylic acids is 2. The van der Waals surface area contributed by atoms with Crippen molar-refractivity contribution >= 4 is 23.5 Å². The molecule has 0 aromatic carbocycles. The van der Waals surface area contributed by atoms with Crippen molar-refractivity contribution < 1.29 is 98.7 Å². The van der Waals surface area contributed by atoms with Crippen LogP contribution in [0.5, 0.6) is 0 Å². The molecule has 200 valence electrons. The van der Waals surface area contributed by atoms with Gasteiger partial charge in [0.25, 0.3) is 0 Å². The van der Waals surface area contributed by atoms with E-state index in [1.807, 2.05) is 0 Å². The molecule has 0 aliphatic carbocycles. The number of hydrogen-bond donors (Lipinski definition) is 2. The number of Topliss-reactive ketones (excluding diaryl/α,β-unsaturated/α-hetero) is 2. The second-order valence-electron chi connectivity index (χ2n) is 9.31. The summed E-state index contributed by atoms with van der Waals surface area (Å²) >= 11 is 0. The number of aliphatic hydroxyl groups is 2. The zero-order valence-electron chi connectivity index (χ0n) is 23.7. The Hall–Kier alpha value is 0.200. The van der Waals surface area contributed by atoms with Crippen molar-refractivity contribution in [1.29, 1.82) is 0 Å². The maximum absolute atomic E-state index is 11.4. The molecule has 2 atom stereocenters. The van der Waals surface area contributed by atoms with Crippen LogP contribution < -0.4 is 69.3 Å². The maximum Gasteiger partial charge on any atom is 1.00 e. The number of hydrogen-bond acceptors (Lipinski definition) is 8. The van der Waals surface area contributed by atoms with Gasteiger partial charge in [0.05, 0.1) is 11.9 Å². The van der Waals surface area contributed by atoms with Crippen LogP contribution in [0.1, 0.15) is 130 Å². The fourth-order valence-electron chi connectivity index (χ4n) is 3.20. The summed E-state index contributed by atoms with van der Waals surface area (Å²) in [4.78, 5) is 43.7. The van der Waals surface area contributed by atoms with E-state index in [9.17, 15) is 39.6 Å². The largest absolute Gasteiger partial charge is 1.00 e. The third-order valence-corrected chi connectivity index (χ3v) is 5.90. The Kier molecular flexibility index (Phi) is 30.6. The first-order chi connectivity index (χ1) is 15.8. The molecular weight excluding hydrogens is 486 g/mol. The van der Waals surface area contributed by atoms with E-state index in [1.54, 1.807) is 0 Å². The van der Waals surface area contributed by atoms with Crippen molar-refractivity contribution in [3.05, 3.63) is 0 Å². The average molecular weight is 533 g/mol. The molecule has 0 saturated carbocycles. The summed E-state index contributed by atoms with van der Waals surface area (Å²) in [6.45, 7) is 6.26. The predicted molar refractivity (Wildman–Crippen MR) is 126 cm³/mol. The molecule has 0 heterocycles. The first kappa shape index (κ1) is 43.3. The summed E-state index contributed by atoms with van der Waals surface area (Å²) in [7, 11) is 0. The van der Waals surface area contributed by atoms with Gasteiger partial charge in [-0.2, -0.15) is 0 Å². The average Bonchev–Trinajstić information content (AvgIpc) is 2.77. The smallest absolute Gasteiger partial charge is 0.547 e. The van der Waals surface area contributed by atoms with Crippen LogP contribution in [0, 0.1) is 0 Å². The number of carbonyl (C=O) groups is 4. The van der Waals surface area contributed by atoms with E-state index in [-0.39, 0.29) is 72.0 Å². The molecule has 2 unspecified atom stereocenters. The third-order valence-electron chi connectivity index (χ3n) is 5.90. The summed E-state index contributed by atoms with van der Waals surface area (Å²) in [5.41, 5.74) is -4.66. The van der Waals surface area contributed by atoms with Gasteiger partial charge in [0.2, 0.25) is 0 Å². The van der Waals surface area contributed by atoms with Gasteiger partial charge < -0.3 is 30.0 Å². The topological polar surface area (TPSA) is 155 Å². The Bertz CT molecular complexity index is 555. The van der Waals surface area contributed by atoms with Gasteiger partial charge in [-0.05, 0) is 26.7 Å². The monoisotopic (exact) mass is 532 g/mol. The normalized spacial score (nSPS) is 13.5. The van der Waals surface area contributed by atoms with Crippen LogP contribution in [0.2, 0.25) is 0 Å². The Labute approximate surface area is 262 Å². The number of carbonyl (C=O) groups excluding carboxylic acids is 4. The molecule has 0 amide bonds. The second kappa shape index (κ2) is 25.5. The Morgan fingerprint density at radius 1 is 0.528 bits per heavy atom. The van der Waals surface area contributed by atoms with Crippen molar-refractivity contribution in [3.63, 3.8) is 0 Å². The van der Waals surface area contributed by atoms with Crippen LogP contribution in [0.25, 0.3) is 0 Å². The van der Waals surface area contributed by atoms with Crippen LogP contribution >= 0.6 is 0 Å². The van der Waals surface area contributed by atoms with E-state index in [0.717, 1.165) is 52.4 Å². The Morgan fingerprint density at radius 2 is 0.750 bits per heavy atom. The summed E-state index contributed by atoms with van der Waals surface area (Å²) in [5, 5.41) is 39.6. The van der Waals surface area contributed by atoms with E-state index in [1.165, 1.54) is 38.5 Å². The molecular formula is C26H46Na2O8. The molecule has 0 aliphatic heterocycles. The molecule has 0 rings (SSSR count). The molecule has 0 aromatic rings. The minimum atomic E-state index is -2.33. The third kappa shape index (κ3) is 21.2. The molecule has 0 radical (unpaired) electrons. The van der Waals surface area contributed by atoms with Crippen LogP contribution in [0.4, 0.5) is 0 Å². The van der Waals surface area contributed by atoms with Gasteiger partial charge in [0.1, 0.15) is 0 Å². The van der Waals surface area contributed by atoms with E-state index < -0.39 is 34.7 Å². The molecule has 8 nitrogen and oxygen atoms in total. The van der Waals surface area contributed by atoms with Gasteiger partial charge in [-0.1, -0.05) is 90.9 Å². The number of ketones is 2. The molecule has 0 spiro atoms. The SMILES string of the molecule is CCCCCCCCCC(=O)C(C)(O)C(=O)[O-].CCCCCCCCCC(=O)C(C)(O)C(=O)[O-].[Na+].[Na+]. The molecule has 2 N–H and O–H groups in total. The van der Waals surface area contributed by atoms with Crippen LogP contribution in [-0.4, -0.2) is 44.9 Å². The molecule has 0 bridgehead atoms. The standard InChI is InChI=1S/2C13H24O4.2Na/c2*1-3-4-5-6-7-8-9-10-11(14)13(2,17)12(15)16;;/h2*17H,3-10H2,1-2H3,(H,15,16);;/q;;2*+1/p-2. The van der Waals surface area contributed by atoms with Crippen LogP contribution in [-0.2, 0) is 19.2 Å². The Morgan fingerprint density at radius 3 is 0.972 bits per heavy atom. The summed E-state index contributed by atoms with van der Waals surface area (Å²) in [5.74, 6) is -4.76. The van der Waals surface area contributed by atoms with Gasteiger partial charge in [0, 0.05) is 12.8 Å². The summed E-state index contributed by atoms with van der Waals surface area (Å²) < 4.78 is 0. The fraction of sp³-hybridized carbons (Fsp3) is 0.846. The Balaban J connectivity index is -0.000000269. The number of unbranched alkanes of at least 4 members (excludes halogenated alkanes) is 12. The summed E-state index contributed by atoms with van der Waals surface area (Å²) in [6.07, 6.45) is 15.0. The molecule has 0 saturated heterocycles. The van der Waals surface area contributed by atoms with Crippen molar-refractivity contribution in [2.24, 2.45) is 0 Å². The number of rotatable bonds is 20. The molecule has 0 aromatic heterocycles. The molecule has 0 fully saturated rings. The predicted octanol–water partition coefficient (Wildman–Crippen LogP) is -3.60. The van der Waals surface area contributed by atoms with Gasteiger partial charge in [-0.3, -0.25) is 9.59 Å². The van der Waals surface area contributed by atoms with Gasteiger partial charge in [-0.25, -0.2) is 0 Å². The van der Waals surface area contributed by atoms with Crippen molar-refractivity contribution in [3.8, 4) is 0 Å². The second-order valence-corrected chi connectivity index (χ2v) is 9.31. The zero-order chi connectivity index (χ0) is 26.6. The van der Waals surface area contributed by atoms with Crippen LogP contribution in [0.3, 0.4) is 0 Å². The first-order valence-corrected chi connectivity index (χ1v) is 12.8. The van der Waals surface area contributed by atoms with E-state index >= 15 is 0 Å². The molecule has 0 aliphatic rings. The van der Waals surface area contributed by atoms with E-state index in [2.05, 4.69) is 13.8 Å². The van der Waals surface area contributed by atoms with Crippen molar-refractivity contribution in [1.82, 2.24) is 0 Å². The van der Waals surface area contributed by atoms with E-state index in [4.69, 9.17) is 0 Å². The first-order valence-electron chi connectivity index (χ1n) is 12.8. The van der Waals surface area contributed by atoms with Gasteiger partial charge >= 0.3 is 59.1 Å². The van der Waals surface area contributed by atoms with Gasteiger partial charge in [-0.15, -0.1) is 0 Å². The maximum atomic E-state index is 11.4.